The van der Waals surface area contributed by atoms with Crippen molar-refractivity contribution in [3.05, 3.63) is 35.4 Å². The Labute approximate surface area is 137 Å². The van der Waals surface area contributed by atoms with Gasteiger partial charge in [0.25, 0.3) is 0 Å². The van der Waals surface area contributed by atoms with Crippen molar-refractivity contribution >= 4 is 11.8 Å². The fourth-order valence-corrected chi connectivity index (χ4v) is 2.80. The summed E-state index contributed by atoms with van der Waals surface area (Å²) >= 11 is 0. The lowest BCUT2D eigenvalue weighted by atomic mass is 10.0. The lowest BCUT2D eigenvalue weighted by Gasteiger charge is -2.34. The molecule has 0 unspecified atom stereocenters. The van der Waals surface area contributed by atoms with Gasteiger partial charge in [-0.2, -0.15) is 0 Å². The molecule has 0 radical (unpaired) electrons. The van der Waals surface area contributed by atoms with Gasteiger partial charge in [0.05, 0.1) is 6.42 Å². The van der Waals surface area contributed by atoms with Gasteiger partial charge in [-0.25, -0.2) is 0 Å². The molecule has 23 heavy (non-hydrogen) atoms. The monoisotopic (exact) mass is 318 g/mol. The van der Waals surface area contributed by atoms with Crippen LogP contribution in [0.15, 0.2) is 24.3 Å². The van der Waals surface area contributed by atoms with E-state index in [9.17, 15) is 9.59 Å². The van der Waals surface area contributed by atoms with Crippen molar-refractivity contribution in [2.24, 2.45) is 0 Å². The third kappa shape index (κ3) is 5.06. The number of aliphatic hydroxyl groups excluding tert-OH is 1. The van der Waals surface area contributed by atoms with Gasteiger partial charge in [-0.3, -0.25) is 9.59 Å². The SMILES string of the molecule is CCCCc1ccc(CC(=O)N2CCN(C(=O)CO)CC2)cc1. The number of nitrogens with zero attached hydrogens (tertiary/aromatic N) is 2. The zero-order valence-electron chi connectivity index (χ0n) is 13.8. The fraction of sp³-hybridized carbons (Fsp3) is 0.556. The van der Waals surface area contributed by atoms with E-state index in [0.29, 0.717) is 32.6 Å². The molecule has 2 amide bonds. The minimum absolute atomic E-state index is 0.0994. The first-order chi connectivity index (χ1) is 11.1. The molecule has 1 saturated heterocycles. The van der Waals surface area contributed by atoms with Gasteiger partial charge in [0.1, 0.15) is 6.61 Å². The molecule has 5 nitrogen and oxygen atoms in total. The van der Waals surface area contributed by atoms with E-state index < -0.39 is 6.61 Å². The minimum Gasteiger partial charge on any atom is -0.387 e. The molecule has 1 heterocycles. The Kier molecular flexibility index (Phi) is 6.59. The number of hydrogen-bond donors (Lipinski definition) is 1. The topological polar surface area (TPSA) is 60.9 Å². The molecular weight excluding hydrogens is 292 g/mol. The Hall–Kier alpha value is -1.88. The predicted octanol–water partition coefficient (Wildman–Crippen LogP) is 1.23. The predicted molar refractivity (Wildman–Crippen MR) is 89.0 cm³/mol. The summed E-state index contributed by atoms with van der Waals surface area (Å²) in [5.74, 6) is -0.165. The molecule has 1 aromatic carbocycles. The Balaban J connectivity index is 1.82. The number of amides is 2. The molecule has 1 aliphatic heterocycles. The number of unbranched alkanes of at least 4 members (excludes halogenated alkanes) is 1. The number of benzene rings is 1. The van der Waals surface area contributed by atoms with Crippen molar-refractivity contribution in [2.75, 3.05) is 32.8 Å². The first kappa shape index (κ1) is 17.5. The molecule has 0 aliphatic carbocycles. The van der Waals surface area contributed by atoms with Crippen molar-refractivity contribution in [1.29, 1.82) is 0 Å². The molecule has 0 bridgehead atoms. The van der Waals surface area contributed by atoms with Crippen LogP contribution in [0.3, 0.4) is 0 Å². The van der Waals surface area contributed by atoms with Crippen molar-refractivity contribution in [1.82, 2.24) is 9.80 Å². The lowest BCUT2D eigenvalue weighted by molar-refractivity contribution is -0.140. The van der Waals surface area contributed by atoms with Gasteiger partial charge in [-0.1, -0.05) is 37.6 Å². The summed E-state index contributed by atoms with van der Waals surface area (Å²) in [5, 5.41) is 8.86. The number of aliphatic hydroxyl groups is 1. The molecule has 2 rings (SSSR count). The smallest absolute Gasteiger partial charge is 0.248 e. The Morgan fingerprint density at radius 1 is 0.957 bits per heavy atom. The fourth-order valence-electron chi connectivity index (χ4n) is 2.80. The molecule has 1 N–H and O–H groups in total. The molecule has 0 atom stereocenters. The van der Waals surface area contributed by atoms with Gasteiger partial charge in [0.2, 0.25) is 11.8 Å². The third-order valence-corrected chi connectivity index (χ3v) is 4.32. The molecule has 1 aromatic rings. The van der Waals surface area contributed by atoms with Crippen molar-refractivity contribution < 1.29 is 14.7 Å². The molecule has 126 valence electrons. The molecule has 1 aliphatic rings. The summed E-state index contributed by atoms with van der Waals surface area (Å²) < 4.78 is 0. The Bertz CT molecular complexity index is 520. The number of carbonyl (C=O) groups excluding carboxylic acids is 2. The average Bonchev–Trinajstić information content (AvgIpc) is 2.60. The molecule has 0 aromatic heterocycles. The average molecular weight is 318 g/mol. The number of carbonyl (C=O) groups is 2. The van der Waals surface area contributed by atoms with E-state index in [1.807, 2.05) is 12.1 Å². The number of aryl methyl sites for hydroxylation is 1. The minimum atomic E-state index is -0.460. The number of piperazine rings is 1. The third-order valence-electron chi connectivity index (χ3n) is 4.32. The maximum absolute atomic E-state index is 12.3. The van der Waals surface area contributed by atoms with Gasteiger partial charge in [-0.15, -0.1) is 0 Å². The highest BCUT2D eigenvalue weighted by atomic mass is 16.3. The maximum atomic E-state index is 12.3. The van der Waals surface area contributed by atoms with Gasteiger partial charge in [0, 0.05) is 26.2 Å². The van der Waals surface area contributed by atoms with Crippen LogP contribution in [0.25, 0.3) is 0 Å². The van der Waals surface area contributed by atoms with Crippen molar-refractivity contribution in [3.63, 3.8) is 0 Å². The highest BCUT2D eigenvalue weighted by Crippen LogP contribution is 2.11. The molecule has 0 saturated carbocycles. The molecular formula is C18H26N2O3. The van der Waals surface area contributed by atoms with E-state index in [2.05, 4.69) is 19.1 Å². The van der Waals surface area contributed by atoms with Crippen LogP contribution < -0.4 is 0 Å². The largest absolute Gasteiger partial charge is 0.387 e. The normalized spacial score (nSPS) is 14.9. The van der Waals surface area contributed by atoms with Crippen LogP contribution >= 0.6 is 0 Å². The van der Waals surface area contributed by atoms with Crippen LogP contribution in [0, 0.1) is 0 Å². The van der Waals surface area contributed by atoms with Gasteiger partial charge >= 0.3 is 0 Å². The van der Waals surface area contributed by atoms with Crippen LogP contribution in [0.1, 0.15) is 30.9 Å². The Morgan fingerprint density at radius 2 is 1.48 bits per heavy atom. The van der Waals surface area contributed by atoms with E-state index in [1.165, 1.54) is 18.4 Å². The first-order valence-corrected chi connectivity index (χ1v) is 8.38. The summed E-state index contributed by atoms with van der Waals surface area (Å²) in [6.07, 6.45) is 3.87. The van der Waals surface area contributed by atoms with E-state index in [0.717, 1.165) is 12.0 Å². The summed E-state index contributed by atoms with van der Waals surface area (Å²) in [6, 6.07) is 8.29. The quantitative estimate of drug-likeness (QED) is 0.858. The second-order valence-corrected chi connectivity index (χ2v) is 6.02. The second-order valence-electron chi connectivity index (χ2n) is 6.02. The maximum Gasteiger partial charge on any atom is 0.248 e. The molecule has 5 heteroatoms. The van der Waals surface area contributed by atoms with Crippen LogP contribution in [0.2, 0.25) is 0 Å². The standard InChI is InChI=1S/C18H26N2O3/c1-2-3-4-15-5-7-16(8-6-15)13-17(22)19-9-11-20(12-10-19)18(23)14-21/h5-8,21H,2-4,9-14H2,1H3. The summed E-state index contributed by atoms with van der Waals surface area (Å²) in [5.41, 5.74) is 2.35. The van der Waals surface area contributed by atoms with E-state index in [-0.39, 0.29) is 11.8 Å². The van der Waals surface area contributed by atoms with Crippen LogP contribution in [-0.2, 0) is 22.4 Å². The summed E-state index contributed by atoms with van der Waals surface area (Å²) in [7, 11) is 0. The number of rotatable bonds is 6. The van der Waals surface area contributed by atoms with Gasteiger partial charge < -0.3 is 14.9 Å². The molecule has 1 fully saturated rings. The van der Waals surface area contributed by atoms with Gasteiger partial charge in [0.15, 0.2) is 0 Å². The summed E-state index contributed by atoms with van der Waals surface area (Å²) in [6.45, 7) is 3.81. The van der Waals surface area contributed by atoms with Gasteiger partial charge in [-0.05, 0) is 24.0 Å². The highest BCUT2D eigenvalue weighted by Gasteiger charge is 2.23. The van der Waals surface area contributed by atoms with E-state index in [1.54, 1.807) is 9.80 Å². The van der Waals surface area contributed by atoms with Crippen LogP contribution in [0.4, 0.5) is 0 Å². The highest BCUT2D eigenvalue weighted by molar-refractivity contribution is 5.80. The van der Waals surface area contributed by atoms with Crippen molar-refractivity contribution in [3.8, 4) is 0 Å². The zero-order valence-corrected chi connectivity index (χ0v) is 13.8. The molecule has 0 spiro atoms. The van der Waals surface area contributed by atoms with E-state index >= 15 is 0 Å². The van der Waals surface area contributed by atoms with Crippen LogP contribution in [0.5, 0.6) is 0 Å². The van der Waals surface area contributed by atoms with E-state index in [4.69, 9.17) is 5.11 Å². The van der Waals surface area contributed by atoms with Crippen LogP contribution in [-0.4, -0.2) is 59.5 Å². The Morgan fingerprint density at radius 3 is 2.00 bits per heavy atom. The lowest BCUT2D eigenvalue weighted by Crippen LogP contribution is -2.51. The summed E-state index contributed by atoms with van der Waals surface area (Å²) in [4.78, 5) is 27.2. The number of hydrogen-bond acceptors (Lipinski definition) is 3. The first-order valence-electron chi connectivity index (χ1n) is 8.38. The second kappa shape index (κ2) is 8.67. The van der Waals surface area contributed by atoms with Crippen molar-refractivity contribution in [2.45, 2.75) is 32.6 Å². The zero-order chi connectivity index (χ0) is 16.7.